The van der Waals surface area contributed by atoms with Gasteiger partial charge in [-0.15, -0.1) is 0 Å². The van der Waals surface area contributed by atoms with Crippen LogP contribution in [0.25, 0.3) is 0 Å². The summed E-state index contributed by atoms with van der Waals surface area (Å²) in [6, 6.07) is 5.16. The first-order chi connectivity index (χ1) is 12.7. The molecule has 1 aromatic rings. The fourth-order valence-electron chi connectivity index (χ4n) is 3.04. The highest BCUT2D eigenvalue weighted by Gasteiger charge is 2.11. The molecule has 0 unspecified atom stereocenters. The number of nitrogens with zero attached hydrogens (tertiary/aromatic N) is 1. The maximum atomic E-state index is 10.1. The van der Waals surface area contributed by atoms with Gasteiger partial charge in [-0.2, -0.15) is 0 Å². The van der Waals surface area contributed by atoms with Gasteiger partial charge in [0.15, 0.2) is 0 Å². The highest BCUT2D eigenvalue weighted by atomic mass is 16.5. The van der Waals surface area contributed by atoms with E-state index in [0.717, 1.165) is 31.4 Å². The molecule has 26 heavy (non-hydrogen) atoms. The minimum Gasteiger partial charge on any atom is -0.507 e. The van der Waals surface area contributed by atoms with Gasteiger partial charge in [0.25, 0.3) is 0 Å². The third-order valence-corrected chi connectivity index (χ3v) is 4.68. The summed E-state index contributed by atoms with van der Waals surface area (Å²) in [5.41, 5.74) is 1.09. The van der Waals surface area contributed by atoms with Crippen LogP contribution in [0, 0.1) is 0 Å². The summed E-state index contributed by atoms with van der Waals surface area (Å²) in [5, 5.41) is 22.7. The molecule has 0 bridgehead atoms. The largest absolute Gasteiger partial charge is 0.507 e. The van der Waals surface area contributed by atoms with Gasteiger partial charge in [-0.3, -0.25) is 0 Å². The van der Waals surface area contributed by atoms with Gasteiger partial charge in [0, 0.05) is 5.56 Å². The number of oxime groups is 1. The monoisotopic (exact) mass is 363 g/mol. The molecule has 4 heteroatoms. The number of ether oxygens (including phenoxy) is 1. The molecule has 1 aromatic carbocycles. The van der Waals surface area contributed by atoms with Gasteiger partial charge < -0.3 is 15.1 Å². The zero-order valence-corrected chi connectivity index (χ0v) is 16.7. The lowest BCUT2D eigenvalue weighted by Crippen LogP contribution is -2.04. The molecule has 0 radical (unpaired) electrons. The first-order valence-corrected chi connectivity index (χ1v) is 10.4. The molecule has 0 saturated carbocycles. The second-order valence-electron chi connectivity index (χ2n) is 7.01. The lowest BCUT2D eigenvalue weighted by molar-refractivity contribution is 0.303. The van der Waals surface area contributed by atoms with Crippen LogP contribution in [-0.2, 0) is 0 Å². The third-order valence-electron chi connectivity index (χ3n) is 4.68. The third kappa shape index (κ3) is 9.12. The fourth-order valence-corrected chi connectivity index (χ4v) is 3.04. The van der Waals surface area contributed by atoms with Crippen molar-refractivity contribution in [3.8, 4) is 11.5 Å². The topological polar surface area (TPSA) is 62.0 Å². The number of benzene rings is 1. The van der Waals surface area contributed by atoms with E-state index in [1.54, 1.807) is 18.2 Å². The van der Waals surface area contributed by atoms with Gasteiger partial charge in [-0.25, -0.2) is 0 Å². The zero-order chi connectivity index (χ0) is 19.0. The Morgan fingerprint density at radius 2 is 1.50 bits per heavy atom. The van der Waals surface area contributed by atoms with E-state index in [1.807, 2.05) is 0 Å². The highest BCUT2D eigenvalue weighted by molar-refractivity contribution is 6.02. The molecule has 1 rings (SSSR count). The van der Waals surface area contributed by atoms with Crippen LogP contribution in [0.1, 0.15) is 96.5 Å². The van der Waals surface area contributed by atoms with Crippen molar-refractivity contribution in [1.29, 1.82) is 0 Å². The van der Waals surface area contributed by atoms with Crippen molar-refractivity contribution in [2.45, 2.75) is 90.9 Å². The van der Waals surface area contributed by atoms with E-state index < -0.39 is 0 Å². The first-order valence-electron chi connectivity index (χ1n) is 10.4. The van der Waals surface area contributed by atoms with Crippen LogP contribution in [0.4, 0.5) is 0 Å². The standard InChI is InChI=1S/C22H37NO3/c1-3-5-7-8-9-10-11-13-17-26-19-15-16-22(24)20(18-19)21(23-25)14-12-6-4-2/h15-16,18,24-25H,3-14,17H2,1-2H3. The smallest absolute Gasteiger partial charge is 0.125 e. The van der Waals surface area contributed by atoms with E-state index in [-0.39, 0.29) is 5.75 Å². The van der Waals surface area contributed by atoms with Crippen molar-refractivity contribution in [2.75, 3.05) is 6.61 Å². The second kappa shape index (κ2) is 14.5. The molecule has 0 heterocycles. The van der Waals surface area contributed by atoms with Crippen molar-refractivity contribution < 1.29 is 15.1 Å². The van der Waals surface area contributed by atoms with Crippen molar-refractivity contribution in [3.63, 3.8) is 0 Å². The Morgan fingerprint density at radius 1 is 0.885 bits per heavy atom. The van der Waals surface area contributed by atoms with E-state index in [2.05, 4.69) is 19.0 Å². The van der Waals surface area contributed by atoms with Crippen LogP contribution in [0.15, 0.2) is 23.4 Å². The number of hydrogen-bond donors (Lipinski definition) is 2. The number of aromatic hydroxyl groups is 1. The predicted molar refractivity (Wildman–Crippen MR) is 109 cm³/mol. The molecule has 0 aliphatic carbocycles. The Hall–Kier alpha value is -1.71. The first kappa shape index (κ1) is 22.3. The molecule has 0 atom stereocenters. The Morgan fingerprint density at radius 3 is 2.15 bits per heavy atom. The van der Waals surface area contributed by atoms with Gasteiger partial charge in [0.05, 0.1) is 12.3 Å². The summed E-state index contributed by atoms with van der Waals surface area (Å²) in [7, 11) is 0. The summed E-state index contributed by atoms with van der Waals surface area (Å²) in [6.45, 7) is 5.06. The van der Waals surface area contributed by atoms with Crippen LogP contribution in [0.3, 0.4) is 0 Å². The van der Waals surface area contributed by atoms with Crippen molar-refractivity contribution in [2.24, 2.45) is 5.16 Å². The maximum Gasteiger partial charge on any atom is 0.125 e. The molecule has 4 nitrogen and oxygen atoms in total. The number of phenolic OH excluding ortho intramolecular Hbond substituents is 1. The van der Waals surface area contributed by atoms with Crippen LogP contribution < -0.4 is 4.74 Å². The van der Waals surface area contributed by atoms with Crippen LogP contribution in [0.2, 0.25) is 0 Å². The van der Waals surface area contributed by atoms with Crippen LogP contribution in [0.5, 0.6) is 11.5 Å². The Kier molecular flexibility index (Phi) is 12.4. The van der Waals surface area contributed by atoms with Gasteiger partial charge in [-0.1, -0.05) is 76.8 Å². The minimum absolute atomic E-state index is 0.133. The van der Waals surface area contributed by atoms with Crippen molar-refractivity contribution >= 4 is 5.71 Å². The second-order valence-corrected chi connectivity index (χ2v) is 7.01. The molecule has 0 aliphatic rings. The predicted octanol–water partition coefficient (Wildman–Crippen LogP) is 6.67. The molecule has 148 valence electrons. The summed E-state index contributed by atoms with van der Waals surface area (Å²) in [4.78, 5) is 0. The van der Waals surface area contributed by atoms with Gasteiger partial charge >= 0.3 is 0 Å². The number of rotatable bonds is 15. The van der Waals surface area contributed by atoms with E-state index in [9.17, 15) is 10.3 Å². The Labute approximate surface area is 159 Å². The molecule has 2 N–H and O–H groups in total. The number of hydrogen-bond acceptors (Lipinski definition) is 4. The van der Waals surface area contributed by atoms with E-state index in [4.69, 9.17) is 4.74 Å². The molecule has 0 saturated heterocycles. The summed E-state index contributed by atoms with van der Waals surface area (Å²) in [6.07, 6.45) is 13.9. The quantitative estimate of drug-likeness (QED) is 0.158. The van der Waals surface area contributed by atoms with E-state index in [1.165, 1.54) is 44.9 Å². The summed E-state index contributed by atoms with van der Waals surface area (Å²) >= 11 is 0. The minimum atomic E-state index is 0.133. The van der Waals surface area contributed by atoms with Crippen LogP contribution >= 0.6 is 0 Å². The fraction of sp³-hybridized carbons (Fsp3) is 0.682. The normalized spacial score (nSPS) is 11.7. The Balaban J connectivity index is 2.37. The van der Waals surface area contributed by atoms with Gasteiger partial charge in [0.2, 0.25) is 0 Å². The average molecular weight is 364 g/mol. The maximum absolute atomic E-state index is 10.1. The summed E-state index contributed by atoms with van der Waals surface area (Å²) in [5.74, 6) is 0.853. The summed E-state index contributed by atoms with van der Waals surface area (Å²) < 4.78 is 5.82. The molecule has 0 aromatic heterocycles. The highest BCUT2D eigenvalue weighted by Crippen LogP contribution is 2.26. The van der Waals surface area contributed by atoms with Gasteiger partial charge in [-0.05, 0) is 37.5 Å². The molecule has 0 amide bonds. The number of unbranched alkanes of at least 4 members (excludes halogenated alkanes) is 9. The zero-order valence-electron chi connectivity index (χ0n) is 16.7. The SMILES string of the molecule is CCCCCCCCCCOc1ccc(O)c(C(CCCCC)=NO)c1. The lowest BCUT2D eigenvalue weighted by Gasteiger charge is -2.11. The van der Waals surface area contributed by atoms with E-state index >= 15 is 0 Å². The molecule has 0 spiro atoms. The molecule has 0 aliphatic heterocycles. The van der Waals surface area contributed by atoms with Gasteiger partial charge in [0.1, 0.15) is 11.5 Å². The lowest BCUT2D eigenvalue weighted by atomic mass is 10.0. The molecular weight excluding hydrogens is 326 g/mol. The van der Waals surface area contributed by atoms with Crippen molar-refractivity contribution in [3.05, 3.63) is 23.8 Å². The average Bonchev–Trinajstić information content (AvgIpc) is 2.65. The Bertz CT molecular complexity index is 514. The molecular formula is C22H37NO3. The van der Waals surface area contributed by atoms with E-state index in [0.29, 0.717) is 24.3 Å². The van der Waals surface area contributed by atoms with Crippen LogP contribution in [-0.4, -0.2) is 22.6 Å². The number of phenols is 1. The van der Waals surface area contributed by atoms with Crippen molar-refractivity contribution in [1.82, 2.24) is 0 Å². The molecule has 0 fully saturated rings.